The first-order valence-electron chi connectivity index (χ1n) is 9.22. The summed E-state index contributed by atoms with van der Waals surface area (Å²) in [5.41, 5.74) is 1.87. The van der Waals surface area contributed by atoms with Crippen LogP contribution in [0.3, 0.4) is 0 Å². The molecule has 3 aromatic rings. The Hall–Kier alpha value is -2.44. The number of fused-ring (bicyclic) bond motifs is 1. The molecule has 0 radical (unpaired) electrons. The maximum absolute atomic E-state index is 12.4. The molecule has 1 N–H and O–H groups in total. The second-order valence-electron chi connectivity index (χ2n) is 6.97. The van der Waals surface area contributed by atoms with Crippen LogP contribution in [0.1, 0.15) is 30.1 Å². The molecule has 6 nitrogen and oxygen atoms in total. The van der Waals surface area contributed by atoms with Gasteiger partial charge in [0.2, 0.25) is 5.91 Å². The van der Waals surface area contributed by atoms with Crippen LogP contribution in [0, 0.1) is 0 Å². The number of nitrogens with zero attached hydrogens (tertiary/aromatic N) is 4. The Morgan fingerprint density at radius 2 is 2.15 bits per heavy atom. The lowest BCUT2D eigenvalue weighted by Crippen LogP contribution is -2.42. The molecule has 27 heavy (non-hydrogen) atoms. The molecule has 1 amide bonds. The number of carbonyl (C=O) groups excluding carboxylic acids is 1. The van der Waals surface area contributed by atoms with Crippen molar-refractivity contribution in [1.29, 1.82) is 0 Å². The molecule has 0 saturated carbocycles. The Balaban J connectivity index is 1.35. The Labute approximate surface area is 163 Å². The fraction of sp³-hybridized carbons (Fsp3) is 0.350. The highest BCUT2D eigenvalue weighted by molar-refractivity contribution is 6.30. The van der Waals surface area contributed by atoms with E-state index in [0.29, 0.717) is 18.1 Å². The largest absolute Gasteiger partial charge is 0.351 e. The van der Waals surface area contributed by atoms with Crippen LogP contribution in [0.2, 0.25) is 5.02 Å². The number of pyridine rings is 1. The smallest absolute Gasteiger partial charge is 0.234 e. The van der Waals surface area contributed by atoms with Crippen LogP contribution in [0.5, 0.6) is 0 Å². The molecule has 0 aliphatic carbocycles. The molecular weight excluding hydrogens is 362 g/mol. The summed E-state index contributed by atoms with van der Waals surface area (Å²) in [5, 5.41) is 12.3. The lowest BCUT2D eigenvalue weighted by atomic mass is 9.97. The molecule has 0 spiro atoms. The molecule has 2 aromatic heterocycles. The first-order chi connectivity index (χ1) is 13.2. The van der Waals surface area contributed by atoms with E-state index in [1.807, 2.05) is 53.1 Å². The number of aromatic nitrogens is 3. The van der Waals surface area contributed by atoms with E-state index in [0.717, 1.165) is 43.0 Å². The van der Waals surface area contributed by atoms with Crippen LogP contribution in [-0.4, -0.2) is 45.0 Å². The number of amides is 1. The maximum atomic E-state index is 12.4. The third kappa shape index (κ3) is 4.28. The number of rotatable bonds is 5. The molecule has 0 bridgehead atoms. The topological polar surface area (TPSA) is 62.5 Å². The highest BCUT2D eigenvalue weighted by Gasteiger charge is 2.26. The van der Waals surface area contributed by atoms with Crippen LogP contribution >= 0.6 is 11.6 Å². The van der Waals surface area contributed by atoms with E-state index in [1.54, 1.807) is 0 Å². The van der Waals surface area contributed by atoms with Gasteiger partial charge in [-0.3, -0.25) is 14.1 Å². The predicted octanol–water partition coefficient (Wildman–Crippen LogP) is 2.88. The number of likely N-dealkylation sites (tertiary alicyclic amines) is 1. The summed E-state index contributed by atoms with van der Waals surface area (Å²) in [7, 11) is 0. The van der Waals surface area contributed by atoms with E-state index in [9.17, 15) is 4.79 Å². The van der Waals surface area contributed by atoms with E-state index in [2.05, 4.69) is 20.4 Å². The molecule has 4 rings (SSSR count). The standard InChI is InChI=1S/C20H22ClN5O/c21-17-7-3-5-15(11-17)12-22-19(27)14-25-9-4-6-16(13-25)20-24-23-18-8-1-2-10-26(18)20/h1-3,5,7-8,10-11,16H,4,6,9,12-14H2,(H,22,27)/t16-/m0/s1. The summed E-state index contributed by atoms with van der Waals surface area (Å²) >= 11 is 5.99. The SMILES string of the molecule is O=C(CN1CCC[C@H](c2nnc3ccccn23)C1)NCc1cccc(Cl)c1. The molecule has 1 aromatic carbocycles. The fourth-order valence-electron chi connectivity index (χ4n) is 3.65. The van der Waals surface area contributed by atoms with Gasteiger partial charge in [0.15, 0.2) is 5.65 Å². The molecule has 3 heterocycles. The van der Waals surface area contributed by atoms with Gasteiger partial charge in [-0.25, -0.2) is 0 Å². The lowest BCUT2D eigenvalue weighted by molar-refractivity contribution is -0.122. The Bertz CT molecular complexity index is 941. The minimum absolute atomic E-state index is 0.0294. The number of carbonyl (C=O) groups is 1. The first-order valence-corrected chi connectivity index (χ1v) is 9.60. The summed E-state index contributed by atoms with van der Waals surface area (Å²) in [4.78, 5) is 14.6. The average molecular weight is 384 g/mol. The van der Waals surface area contributed by atoms with Gasteiger partial charge in [-0.2, -0.15) is 0 Å². The highest BCUT2D eigenvalue weighted by Crippen LogP contribution is 2.25. The van der Waals surface area contributed by atoms with Gasteiger partial charge in [0.25, 0.3) is 0 Å². The number of piperidine rings is 1. The highest BCUT2D eigenvalue weighted by atomic mass is 35.5. The van der Waals surface area contributed by atoms with E-state index < -0.39 is 0 Å². The Morgan fingerprint density at radius 3 is 3.04 bits per heavy atom. The summed E-state index contributed by atoms with van der Waals surface area (Å²) < 4.78 is 2.05. The second kappa shape index (κ2) is 8.06. The fourth-order valence-corrected chi connectivity index (χ4v) is 3.87. The van der Waals surface area contributed by atoms with Crippen LogP contribution in [0.25, 0.3) is 5.65 Å². The zero-order valence-electron chi connectivity index (χ0n) is 15.0. The number of hydrogen-bond acceptors (Lipinski definition) is 4. The molecule has 140 valence electrons. The second-order valence-corrected chi connectivity index (χ2v) is 7.40. The van der Waals surface area contributed by atoms with Crippen LogP contribution in [0.15, 0.2) is 48.7 Å². The van der Waals surface area contributed by atoms with Gasteiger partial charge < -0.3 is 5.32 Å². The number of nitrogens with one attached hydrogen (secondary N) is 1. The number of halogens is 1. The van der Waals surface area contributed by atoms with Crippen molar-refractivity contribution >= 4 is 23.2 Å². The minimum Gasteiger partial charge on any atom is -0.351 e. The van der Waals surface area contributed by atoms with Gasteiger partial charge in [0.1, 0.15) is 5.82 Å². The van der Waals surface area contributed by atoms with Crippen molar-refractivity contribution in [2.24, 2.45) is 0 Å². The molecule has 7 heteroatoms. The van der Waals surface area contributed by atoms with Gasteiger partial charge >= 0.3 is 0 Å². The van der Waals surface area contributed by atoms with Crippen molar-refractivity contribution < 1.29 is 4.79 Å². The summed E-state index contributed by atoms with van der Waals surface area (Å²) in [6.07, 6.45) is 4.12. The molecule has 1 atom stereocenters. The Kier molecular flexibility index (Phi) is 5.36. The normalized spacial score (nSPS) is 17.9. The van der Waals surface area contributed by atoms with Crippen LogP contribution in [-0.2, 0) is 11.3 Å². The van der Waals surface area contributed by atoms with Crippen molar-refractivity contribution in [3.8, 4) is 0 Å². The number of hydrogen-bond donors (Lipinski definition) is 1. The lowest BCUT2D eigenvalue weighted by Gasteiger charge is -2.31. The zero-order valence-corrected chi connectivity index (χ0v) is 15.8. The van der Waals surface area contributed by atoms with Crippen molar-refractivity contribution in [1.82, 2.24) is 24.8 Å². The molecule has 1 aliphatic heterocycles. The minimum atomic E-state index is 0.0294. The summed E-state index contributed by atoms with van der Waals surface area (Å²) in [6, 6.07) is 13.5. The van der Waals surface area contributed by atoms with Gasteiger partial charge in [-0.05, 0) is 49.2 Å². The number of benzene rings is 1. The monoisotopic (exact) mass is 383 g/mol. The van der Waals surface area contributed by atoms with Crippen LogP contribution < -0.4 is 5.32 Å². The van der Waals surface area contributed by atoms with Crippen molar-refractivity contribution in [2.45, 2.75) is 25.3 Å². The molecule has 1 fully saturated rings. The van der Waals surface area contributed by atoms with E-state index in [1.165, 1.54) is 0 Å². The zero-order chi connectivity index (χ0) is 18.6. The van der Waals surface area contributed by atoms with Gasteiger partial charge in [-0.15, -0.1) is 10.2 Å². The average Bonchev–Trinajstić information content (AvgIpc) is 3.11. The van der Waals surface area contributed by atoms with Gasteiger partial charge in [0, 0.05) is 30.2 Å². The van der Waals surface area contributed by atoms with Crippen molar-refractivity contribution in [3.05, 3.63) is 65.1 Å². The molecular formula is C20H22ClN5O. The quantitative estimate of drug-likeness (QED) is 0.735. The van der Waals surface area contributed by atoms with E-state index in [-0.39, 0.29) is 11.8 Å². The molecule has 1 saturated heterocycles. The van der Waals surface area contributed by atoms with E-state index in [4.69, 9.17) is 11.6 Å². The molecule has 0 unspecified atom stereocenters. The third-order valence-electron chi connectivity index (χ3n) is 4.96. The van der Waals surface area contributed by atoms with Crippen LogP contribution in [0.4, 0.5) is 0 Å². The summed E-state index contributed by atoms with van der Waals surface area (Å²) in [5.74, 6) is 1.30. The summed E-state index contributed by atoms with van der Waals surface area (Å²) in [6.45, 7) is 2.64. The Morgan fingerprint density at radius 1 is 1.22 bits per heavy atom. The molecule has 1 aliphatic rings. The maximum Gasteiger partial charge on any atom is 0.234 e. The van der Waals surface area contributed by atoms with Crippen molar-refractivity contribution in [2.75, 3.05) is 19.6 Å². The third-order valence-corrected chi connectivity index (χ3v) is 5.19. The van der Waals surface area contributed by atoms with Gasteiger partial charge in [0.05, 0.1) is 6.54 Å². The van der Waals surface area contributed by atoms with E-state index >= 15 is 0 Å². The van der Waals surface area contributed by atoms with Gasteiger partial charge in [-0.1, -0.05) is 29.8 Å². The first kappa shape index (κ1) is 17.9. The predicted molar refractivity (Wildman–Crippen MR) is 105 cm³/mol. The van der Waals surface area contributed by atoms with Crippen molar-refractivity contribution in [3.63, 3.8) is 0 Å².